The van der Waals surface area contributed by atoms with Crippen molar-refractivity contribution < 1.29 is 27.4 Å². The summed E-state index contributed by atoms with van der Waals surface area (Å²) in [7, 11) is -2.09. The van der Waals surface area contributed by atoms with Crippen LogP contribution in [0.15, 0.2) is 55.1 Å². The van der Waals surface area contributed by atoms with Crippen LogP contribution in [0.5, 0.6) is 11.5 Å². The number of esters is 1. The Morgan fingerprint density at radius 1 is 1.21 bits per heavy atom. The maximum atomic E-state index is 14.3. The van der Waals surface area contributed by atoms with Crippen molar-refractivity contribution in [2.24, 2.45) is 5.92 Å². The van der Waals surface area contributed by atoms with Gasteiger partial charge in [-0.2, -0.15) is 4.31 Å². The highest BCUT2D eigenvalue weighted by Crippen LogP contribution is 2.67. The molecule has 2 heterocycles. The number of likely N-dealkylation sites (tertiary alicyclic amines) is 1. The number of benzene rings is 2. The fourth-order valence-electron chi connectivity index (χ4n) is 8.55. The van der Waals surface area contributed by atoms with Gasteiger partial charge in [0.2, 0.25) is 10.0 Å². The van der Waals surface area contributed by atoms with E-state index in [0.29, 0.717) is 50.3 Å². The van der Waals surface area contributed by atoms with Crippen molar-refractivity contribution in [2.45, 2.75) is 81.4 Å². The van der Waals surface area contributed by atoms with Crippen LogP contribution in [0, 0.1) is 5.92 Å². The maximum Gasteiger partial charge on any atom is 0.303 e. The molecular formula is C33H42N2O6S. The quantitative estimate of drug-likeness (QED) is 0.297. The zero-order valence-corrected chi connectivity index (χ0v) is 25.9. The first-order valence-corrected chi connectivity index (χ1v) is 16.6. The SMILES string of the molecule is C=CCN1CC[C@]23c4c5ccc(OC)c4OC2C(N(CC(C)C)S(=O)(=O)Cc2ccccc2)CC[C@@]3(OC(C)=O)[C@H]1C5. The maximum absolute atomic E-state index is 14.3. The highest BCUT2D eigenvalue weighted by molar-refractivity contribution is 7.88. The van der Waals surface area contributed by atoms with Crippen LogP contribution in [-0.2, 0) is 37.1 Å². The third-order valence-corrected chi connectivity index (χ3v) is 11.7. The Bertz CT molecular complexity index is 1480. The minimum atomic E-state index is -3.72. The Hall–Kier alpha value is -2.88. The molecule has 8 nitrogen and oxygen atoms in total. The van der Waals surface area contributed by atoms with Crippen LogP contribution in [0.1, 0.15) is 56.7 Å². The number of nitrogens with zero attached hydrogens (tertiary/aromatic N) is 2. The number of hydrogen-bond donors (Lipinski definition) is 0. The van der Waals surface area contributed by atoms with Crippen LogP contribution in [0.3, 0.4) is 0 Å². The molecule has 4 aliphatic rings. The molecule has 2 unspecified atom stereocenters. The fraction of sp³-hybridized carbons (Fsp3) is 0.545. The number of ether oxygens (including phenoxy) is 3. The summed E-state index contributed by atoms with van der Waals surface area (Å²) in [4.78, 5) is 15.3. The third-order valence-electron chi connectivity index (χ3n) is 9.86. The molecule has 6 rings (SSSR count). The van der Waals surface area contributed by atoms with Gasteiger partial charge in [0.05, 0.1) is 30.4 Å². The molecule has 2 aromatic rings. The van der Waals surface area contributed by atoms with Crippen molar-refractivity contribution in [3.63, 3.8) is 0 Å². The Morgan fingerprint density at radius 2 is 1.98 bits per heavy atom. The Labute approximate surface area is 249 Å². The molecule has 0 aromatic heterocycles. The van der Waals surface area contributed by atoms with Gasteiger partial charge < -0.3 is 14.2 Å². The van der Waals surface area contributed by atoms with Gasteiger partial charge in [0.25, 0.3) is 0 Å². The molecule has 0 amide bonds. The summed E-state index contributed by atoms with van der Waals surface area (Å²) in [6.45, 7) is 11.4. The van der Waals surface area contributed by atoms with Crippen molar-refractivity contribution in [3.05, 3.63) is 71.8 Å². The molecule has 1 saturated heterocycles. The van der Waals surface area contributed by atoms with Gasteiger partial charge in [-0.1, -0.05) is 56.3 Å². The molecule has 2 aliphatic heterocycles. The molecule has 5 atom stereocenters. The lowest BCUT2D eigenvalue weighted by Crippen LogP contribution is -2.79. The fourth-order valence-corrected chi connectivity index (χ4v) is 10.5. The lowest BCUT2D eigenvalue weighted by atomic mass is 9.48. The molecule has 1 spiro atoms. The van der Waals surface area contributed by atoms with Crippen LogP contribution in [0.25, 0.3) is 0 Å². The van der Waals surface area contributed by atoms with E-state index in [1.54, 1.807) is 11.4 Å². The number of hydrogen-bond acceptors (Lipinski definition) is 7. The van der Waals surface area contributed by atoms with Gasteiger partial charge >= 0.3 is 5.97 Å². The molecular weight excluding hydrogens is 552 g/mol. The summed E-state index contributed by atoms with van der Waals surface area (Å²) in [5.74, 6) is 0.998. The highest BCUT2D eigenvalue weighted by Gasteiger charge is 2.76. The average molecular weight is 595 g/mol. The predicted octanol–water partition coefficient (Wildman–Crippen LogP) is 4.46. The van der Waals surface area contributed by atoms with E-state index >= 15 is 0 Å². The van der Waals surface area contributed by atoms with E-state index < -0.39 is 33.2 Å². The summed E-state index contributed by atoms with van der Waals surface area (Å²) in [5.41, 5.74) is 1.37. The van der Waals surface area contributed by atoms with E-state index in [4.69, 9.17) is 14.2 Å². The van der Waals surface area contributed by atoms with Crippen LogP contribution in [0.2, 0.25) is 0 Å². The first kappa shape index (κ1) is 29.2. The summed E-state index contributed by atoms with van der Waals surface area (Å²) < 4.78 is 49.6. The van der Waals surface area contributed by atoms with Crippen molar-refractivity contribution >= 4 is 16.0 Å². The van der Waals surface area contributed by atoms with E-state index in [2.05, 4.69) is 17.5 Å². The summed E-state index contributed by atoms with van der Waals surface area (Å²) in [6.07, 6.45) is 3.81. The molecule has 0 N–H and O–H groups in total. The largest absolute Gasteiger partial charge is 0.493 e. The van der Waals surface area contributed by atoms with Gasteiger partial charge in [0.1, 0.15) is 11.7 Å². The molecule has 42 heavy (non-hydrogen) atoms. The second-order valence-corrected chi connectivity index (χ2v) is 14.6. The van der Waals surface area contributed by atoms with Crippen molar-refractivity contribution in [3.8, 4) is 11.5 Å². The van der Waals surface area contributed by atoms with E-state index in [1.165, 1.54) is 6.92 Å². The van der Waals surface area contributed by atoms with E-state index in [0.717, 1.165) is 23.2 Å². The summed E-state index contributed by atoms with van der Waals surface area (Å²) >= 11 is 0. The molecule has 2 aromatic carbocycles. The monoisotopic (exact) mass is 594 g/mol. The van der Waals surface area contributed by atoms with Crippen molar-refractivity contribution in [1.29, 1.82) is 0 Å². The van der Waals surface area contributed by atoms with E-state index in [9.17, 15) is 13.2 Å². The second-order valence-electron chi connectivity index (χ2n) is 12.7. The normalized spacial score (nSPS) is 29.6. The number of carbonyl (C=O) groups excluding carboxylic acids is 1. The van der Waals surface area contributed by atoms with Gasteiger partial charge in [0.15, 0.2) is 11.5 Å². The van der Waals surface area contributed by atoms with E-state index in [-0.39, 0.29) is 23.7 Å². The van der Waals surface area contributed by atoms with Gasteiger partial charge in [-0.25, -0.2) is 8.42 Å². The van der Waals surface area contributed by atoms with Gasteiger partial charge in [-0.15, -0.1) is 6.58 Å². The first-order chi connectivity index (χ1) is 20.1. The average Bonchev–Trinajstić information content (AvgIpc) is 3.29. The third kappa shape index (κ3) is 4.30. The molecule has 226 valence electrons. The summed E-state index contributed by atoms with van der Waals surface area (Å²) in [6, 6.07) is 12.9. The minimum absolute atomic E-state index is 0.0773. The lowest BCUT2D eigenvalue weighted by molar-refractivity contribution is -0.220. The zero-order chi connectivity index (χ0) is 29.9. The number of sulfonamides is 1. The van der Waals surface area contributed by atoms with Crippen LogP contribution in [0.4, 0.5) is 0 Å². The van der Waals surface area contributed by atoms with Crippen LogP contribution >= 0.6 is 0 Å². The number of rotatable bonds is 10. The lowest BCUT2D eigenvalue weighted by Gasteiger charge is -2.65. The second kappa shape index (κ2) is 10.7. The van der Waals surface area contributed by atoms with Gasteiger partial charge in [0, 0.05) is 32.1 Å². The first-order valence-electron chi connectivity index (χ1n) is 15.0. The Morgan fingerprint density at radius 3 is 2.64 bits per heavy atom. The predicted molar refractivity (Wildman–Crippen MR) is 161 cm³/mol. The van der Waals surface area contributed by atoms with Crippen molar-refractivity contribution in [2.75, 3.05) is 26.7 Å². The molecule has 2 bridgehead atoms. The Balaban J connectivity index is 1.53. The molecule has 1 saturated carbocycles. The standard InChI is InChI=1S/C33H42N2O6S/c1-6-17-34-18-16-32-29-25-12-13-27(39-5)30(29)40-31(32)26(14-15-33(32,28(34)19-25)41-23(4)36)35(20-22(2)3)42(37,38)21-24-10-8-7-9-11-24/h6-13,22,26,28,31H,1,14-21H2,2-5H3/t26?,28-,31?,32+,33-/m1/s1. The number of carbonyl (C=O) groups is 1. The van der Waals surface area contributed by atoms with Gasteiger partial charge in [-0.3, -0.25) is 9.69 Å². The smallest absolute Gasteiger partial charge is 0.303 e. The molecule has 2 fully saturated rings. The topological polar surface area (TPSA) is 85.4 Å². The molecule has 2 aliphatic carbocycles. The van der Waals surface area contributed by atoms with E-state index in [1.807, 2.05) is 56.3 Å². The van der Waals surface area contributed by atoms with Crippen LogP contribution in [-0.4, -0.2) is 74.1 Å². The summed E-state index contributed by atoms with van der Waals surface area (Å²) in [5, 5.41) is 0. The minimum Gasteiger partial charge on any atom is -0.493 e. The molecule has 0 radical (unpaired) electrons. The van der Waals surface area contributed by atoms with Crippen LogP contribution < -0.4 is 9.47 Å². The zero-order valence-electron chi connectivity index (χ0n) is 25.0. The number of methoxy groups -OCH3 is 1. The Kier molecular flexibility index (Phi) is 7.43. The number of piperidine rings is 1. The molecule has 9 heteroatoms. The van der Waals surface area contributed by atoms with Crippen molar-refractivity contribution in [1.82, 2.24) is 9.21 Å². The van der Waals surface area contributed by atoms with Gasteiger partial charge in [-0.05, 0) is 48.8 Å². The highest BCUT2D eigenvalue weighted by atomic mass is 32.2.